The third-order valence-electron chi connectivity index (χ3n) is 2.76. The fourth-order valence-electron chi connectivity index (χ4n) is 1.50. The summed E-state index contributed by atoms with van der Waals surface area (Å²) in [7, 11) is 0. The second-order valence-corrected chi connectivity index (χ2v) is 4.18. The van der Waals surface area contributed by atoms with Crippen molar-refractivity contribution in [2.75, 3.05) is 11.9 Å². The number of hydrogen-bond donors (Lipinski definition) is 2. The van der Waals surface area contributed by atoms with E-state index in [9.17, 15) is 0 Å². The molecule has 3 heteroatoms. The van der Waals surface area contributed by atoms with Crippen LogP contribution in [0, 0.1) is 6.92 Å². The largest absolute Gasteiger partial charge is 0.396 e. The highest BCUT2D eigenvalue weighted by Crippen LogP contribution is 2.20. The molecular weight excluding hydrogens is 188 g/mol. The average Bonchev–Trinajstić information content (AvgIpc) is 2.18. The van der Waals surface area contributed by atoms with Crippen LogP contribution in [-0.2, 0) is 0 Å². The van der Waals surface area contributed by atoms with Gasteiger partial charge in [-0.15, -0.1) is 0 Å². The van der Waals surface area contributed by atoms with Crippen LogP contribution in [0.2, 0.25) is 0 Å². The summed E-state index contributed by atoms with van der Waals surface area (Å²) >= 11 is 0. The molecule has 15 heavy (non-hydrogen) atoms. The van der Waals surface area contributed by atoms with E-state index in [4.69, 9.17) is 5.11 Å². The summed E-state index contributed by atoms with van der Waals surface area (Å²) in [5.41, 5.74) is 0.928. The monoisotopic (exact) mass is 208 g/mol. The number of hydrogen-bond acceptors (Lipinski definition) is 3. The second kappa shape index (κ2) is 5.12. The first-order valence-electron chi connectivity index (χ1n) is 5.42. The van der Waals surface area contributed by atoms with Gasteiger partial charge in [-0.1, -0.05) is 13.0 Å². The number of nitrogens with zero attached hydrogens (tertiary/aromatic N) is 1. The third kappa shape index (κ3) is 3.51. The fraction of sp³-hybridized carbons (Fsp3) is 0.583. The van der Waals surface area contributed by atoms with Gasteiger partial charge in [-0.05, 0) is 38.8 Å². The van der Waals surface area contributed by atoms with Gasteiger partial charge >= 0.3 is 0 Å². The number of aromatic nitrogens is 1. The number of anilines is 1. The van der Waals surface area contributed by atoms with Crippen LogP contribution < -0.4 is 5.32 Å². The van der Waals surface area contributed by atoms with Crippen LogP contribution in [0.3, 0.4) is 0 Å². The predicted molar refractivity (Wildman–Crippen MR) is 63.0 cm³/mol. The van der Waals surface area contributed by atoms with Crippen LogP contribution in [0.4, 0.5) is 5.82 Å². The van der Waals surface area contributed by atoms with E-state index in [1.54, 1.807) is 0 Å². The number of nitrogens with one attached hydrogen (secondary N) is 1. The fourth-order valence-corrected chi connectivity index (χ4v) is 1.50. The second-order valence-electron chi connectivity index (χ2n) is 4.18. The maximum atomic E-state index is 9.01. The molecule has 0 spiro atoms. The van der Waals surface area contributed by atoms with E-state index < -0.39 is 0 Å². The summed E-state index contributed by atoms with van der Waals surface area (Å²) in [5, 5.41) is 12.4. The SMILES string of the molecule is CCC(C)(CCO)Nc1cccc(C)n1. The first kappa shape index (κ1) is 12.0. The van der Waals surface area contributed by atoms with Gasteiger partial charge in [-0.3, -0.25) is 0 Å². The Morgan fingerprint density at radius 3 is 2.73 bits per heavy atom. The molecular formula is C12H20N2O. The van der Waals surface area contributed by atoms with Crippen molar-refractivity contribution in [1.82, 2.24) is 4.98 Å². The average molecular weight is 208 g/mol. The molecule has 0 aromatic carbocycles. The highest BCUT2D eigenvalue weighted by Gasteiger charge is 2.21. The van der Waals surface area contributed by atoms with Crippen molar-refractivity contribution in [3.8, 4) is 0 Å². The zero-order valence-electron chi connectivity index (χ0n) is 9.75. The molecule has 1 heterocycles. The van der Waals surface area contributed by atoms with Gasteiger partial charge in [0.2, 0.25) is 0 Å². The summed E-state index contributed by atoms with van der Waals surface area (Å²) in [5.74, 6) is 0.882. The van der Waals surface area contributed by atoms with Crippen molar-refractivity contribution >= 4 is 5.82 Å². The normalized spacial score (nSPS) is 14.7. The molecule has 1 unspecified atom stereocenters. The van der Waals surface area contributed by atoms with E-state index in [0.29, 0.717) is 0 Å². The molecule has 0 aliphatic heterocycles. The predicted octanol–water partition coefficient (Wildman–Crippen LogP) is 2.35. The number of rotatable bonds is 5. The van der Waals surface area contributed by atoms with Gasteiger partial charge in [0.05, 0.1) is 0 Å². The Labute approximate surface area is 91.5 Å². The van der Waals surface area contributed by atoms with E-state index in [-0.39, 0.29) is 12.1 Å². The molecule has 1 aromatic heterocycles. The van der Waals surface area contributed by atoms with Gasteiger partial charge in [0.1, 0.15) is 5.82 Å². The zero-order valence-corrected chi connectivity index (χ0v) is 9.75. The lowest BCUT2D eigenvalue weighted by Crippen LogP contribution is -2.35. The number of aliphatic hydroxyl groups is 1. The Morgan fingerprint density at radius 1 is 1.47 bits per heavy atom. The Kier molecular flexibility index (Phi) is 4.09. The van der Waals surface area contributed by atoms with Crippen molar-refractivity contribution in [2.45, 2.75) is 39.2 Å². The molecule has 0 fully saturated rings. The maximum absolute atomic E-state index is 9.01. The third-order valence-corrected chi connectivity index (χ3v) is 2.76. The van der Waals surface area contributed by atoms with Gasteiger partial charge in [-0.25, -0.2) is 4.98 Å². The molecule has 2 N–H and O–H groups in total. The highest BCUT2D eigenvalue weighted by atomic mass is 16.3. The molecule has 0 bridgehead atoms. The molecule has 0 saturated carbocycles. The molecule has 1 rings (SSSR count). The molecule has 84 valence electrons. The lowest BCUT2D eigenvalue weighted by molar-refractivity contribution is 0.252. The van der Waals surface area contributed by atoms with Gasteiger partial charge in [0.25, 0.3) is 0 Å². The van der Waals surface area contributed by atoms with Crippen LogP contribution in [0.15, 0.2) is 18.2 Å². The van der Waals surface area contributed by atoms with Crippen LogP contribution in [-0.4, -0.2) is 22.2 Å². The van der Waals surface area contributed by atoms with Crippen molar-refractivity contribution in [3.63, 3.8) is 0 Å². The van der Waals surface area contributed by atoms with Gasteiger partial charge in [0, 0.05) is 17.8 Å². The number of pyridine rings is 1. The van der Waals surface area contributed by atoms with E-state index in [1.165, 1.54) is 0 Å². The summed E-state index contributed by atoms with van der Waals surface area (Å²) in [6, 6.07) is 5.92. The smallest absolute Gasteiger partial charge is 0.126 e. The quantitative estimate of drug-likeness (QED) is 0.780. The standard InChI is InChI=1S/C12H20N2O/c1-4-12(3,8-9-15)14-11-7-5-6-10(2)13-11/h5-7,15H,4,8-9H2,1-3H3,(H,13,14). The van der Waals surface area contributed by atoms with Crippen molar-refractivity contribution in [2.24, 2.45) is 0 Å². The van der Waals surface area contributed by atoms with Gasteiger partial charge in [-0.2, -0.15) is 0 Å². The summed E-state index contributed by atoms with van der Waals surface area (Å²) in [6.07, 6.45) is 1.70. The van der Waals surface area contributed by atoms with Gasteiger partial charge < -0.3 is 10.4 Å². The summed E-state index contributed by atoms with van der Waals surface area (Å²) < 4.78 is 0. The lowest BCUT2D eigenvalue weighted by atomic mass is 9.95. The van der Waals surface area contributed by atoms with Crippen LogP contribution in [0.1, 0.15) is 32.4 Å². The Balaban J connectivity index is 2.74. The molecule has 0 saturated heterocycles. The van der Waals surface area contributed by atoms with E-state index >= 15 is 0 Å². The molecule has 0 radical (unpaired) electrons. The Morgan fingerprint density at radius 2 is 2.20 bits per heavy atom. The van der Waals surface area contributed by atoms with Crippen LogP contribution in [0.5, 0.6) is 0 Å². The maximum Gasteiger partial charge on any atom is 0.126 e. The van der Waals surface area contributed by atoms with Crippen molar-refractivity contribution in [3.05, 3.63) is 23.9 Å². The molecule has 0 amide bonds. The molecule has 1 atom stereocenters. The topological polar surface area (TPSA) is 45.1 Å². The Hall–Kier alpha value is -1.09. The minimum absolute atomic E-state index is 0.0739. The van der Waals surface area contributed by atoms with Crippen molar-refractivity contribution < 1.29 is 5.11 Å². The first-order valence-corrected chi connectivity index (χ1v) is 5.42. The Bertz CT molecular complexity index is 314. The lowest BCUT2D eigenvalue weighted by Gasteiger charge is -2.29. The van der Waals surface area contributed by atoms with Crippen LogP contribution >= 0.6 is 0 Å². The number of aliphatic hydroxyl groups excluding tert-OH is 1. The minimum atomic E-state index is -0.0739. The molecule has 0 aliphatic rings. The number of aryl methyl sites for hydroxylation is 1. The van der Waals surface area contributed by atoms with E-state index in [1.807, 2.05) is 25.1 Å². The zero-order chi connectivity index (χ0) is 11.3. The van der Waals surface area contributed by atoms with Gasteiger partial charge in [0.15, 0.2) is 0 Å². The first-order chi connectivity index (χ1) is 7.09. The van der Waals surface area contributed by atoms with E-state index in [0.717, 1.165) is 24.4 Å². The molecule has 1 aromatic rings. The minimum Gasteiger partial charge on any atom is -0.396 e. The summed E-state index contributed by atoms with van der Waals surface area (Å²) in [6.45, 7) is 6.38. The molecule has 0 aliphatic carbocycles. The molecule has 3 nitrogen and oxygen atoms in total. The highest BCUT2D eigenvalue weighted by molar-refractivity contribution is 5.38. The van der Waals surface area contributed by atoms with Crippen LogP contribution in [0.25, 0.3) is 0 Å². The summed E-state index contributed by atoms with van der Waals surface area (Å²) in [4.78, 5) is 4.40. The van der Waals surface area contributed by atoms with Crippen molar-refractivity contribution in [1.29, 1.82) is 0 Å². The van der Waals surface area contributed by atoms with E-state index in [2.05, 4.69) is 24.1 Å².